The summed E-state index contributed by atoms with van der Waals surface area (Å²) in [6.45, 7) is 6.72. The number of hydrogen-bond acceptors (Lipinski definition) is 1. The molecule has 0 bridgehead atoms. The number of nitrogens with one attached hydrogen (secondary N) is 1. The van der Waals surface area contributed by atoms with Crippen LogP contribution in [0.3, 0.4) is 0 Å². The van der Waals surface area contributed by atoms with E-state index in [2.05, 4.69) is 53.7 Å². The molecule has 25 heavy (non-hydrogen) atoms. The van der Waals surface area contributed by atoms with Crippen LogP contribution in [0.1, 0.15) is 38.8 Å². The van der Waals surface area contributed by atoms with E-state index in [0.717, 1.165) is 16.9 Å². The molecule has 3 nitrogen and oxygen atoms in total. The van der Waals surface area contributed by atoms with Crippen molar-refractivity contribution in [2.75, 3.05) is 4.90 Å². The molecule has 1 aromatic carbocycles. The number of hydrogen-bond donors (Lipinski definition) is 1. The predicted octanol–water partition coefficient (Wildman–Crippen LogP) is 4.66. The number of halogens is 1. The Morgan fingerprint density at radius 1 is 1.08 bits per heavy atom. The number of rotatable bonds is 2. The molecule has 0 spiro atoms. The summed E-state index contributed by atoms with van der Waals surface area (Å²) >= 11 is 0. The minimum Gasteiger partial charge on any atom is -0.361 e. The van der Waals surface area contributed by atoms with Crippen LogP contribution in [0.5, 0.6) is 0 Å². The zero-order valence-electron chi connectivity index (χ0n) is 15.1. The van der Waals surface area contributed by atoms with E-state index in [1.807, 2.05) is 12.1 Å². The fraction of sp³-hybridized carbons (Fsp3) is 0.381. The summed E-state index contributed by atoms with van der Waals surface area (Å²) < 4.78 is 15.4. The molecule has 3 aromatic rings. The van der Waals surface area contributed by atoms with E-state index in [0.29, 0.717) is 12.1 Å². The number of nitrogens with zero attached hydrogens (tertiary/aromatic N) is 2. The Morgan fingerprint density at radius 2 is 1.76 bits per heavy atom. The van der Waals surface area contributed by atoms with E-state index < -0.39 is 0 Å². The predicted molar refractivity (Wildman–Crippen MR) is 99.8 cm³/mol. The molecule has 1 N–H and O–H groups in total. The first-order valence-corrected chi connectivity index (χ1v) is 9.12. The van der Waals surface area contributed by atoms with Crippen molar-refractivity contribution in [3.8, 4) is 5.69 Å². The summed E-state index contributed by atoms with van der Waals surface area (Å²) in [5.41, 5.74) is 4.50. The zero-order chi connectivity index (χ0) is 17.6. The average Bonchev–Trinajstić information content (AvgIpc) is 2.95. The molecule has 1 aliphatic rings. The van der Waals surface area contributed by atoms with Gasteiger partial charge in [-0.3, -0.25) is 0 Å². The van der Waals surface area contributed by atoms with Crippen LogP contribution in [-0.2, 0) is 0 Å². The van der Waals surface area contributed by atoms with Crippen LogP contribution in [0.2, 0.25) is 0 Å². The third-order valence-corrected chi connectivity index (χ3v) is 5.38. The lowest BCUT2D eigenvalue weighted by Crippen LogP contribution is -2.45. The maximum Gasteiger partial charge on any atom is 0.210 e. The Bertz CT molecular complexity index is 887. The second-order valence-corrected chi connectivity index (χ2v) is 7.34. The Hall–Kier alpha value is -2.36. The highest BCUT2D eigenvalue weighted by atomic mass is 19.1. The summed E-state index contributed by atoms with van der Waals surface area (Å²) in [6, 6.07) is 9.94. The molecule has 3 heterocycles. The van der Waals surface area contributed by atoms with Gasteiger partial charge < -0.3 is 9.88 Å². The van der Waals surface area contributed by atoms with Crippen molar-refractivity contribution < 1.29 is 8.96 Å². The minimum absolute atomic E-state index is 0.209. The topological polar surface area (TPSA) is 22.9 Å². The summed E-state index contributed by atoms with van der Waals surface area (Å²) in [7, 11) is 0. The first-order chi connectivity index (χ1) is 12.0. The standard InChI is InChI=1S/C21H24FN3/c1-14-11-19-20(23-14)12-24(18-9-7-17(22)8-10-18)13-21(19)25-15(2)5-4-6-16(25)3/h7-13,15-16H,4-6H2,1-3H3/p+1/t15-,16+. The van der Waals surface area contributed by atoms with Crippen molar-refractivity contribution in [2.24, 2.45) is 0 Å². The van der Waals surface area contributed by atoms with Crippen LogP contribution in [-0.4, -0.2) is 17.1 Å². The monoisotopic (exact) mass is 338 g/mol. The number of anilines is 1. The van der Waals surface area contributed by atoms with Gasteiger partial charge in [0.1, 0.15) is 17.0 Å². The fourth-order valence-electron chi connectivity index (χ4n) is 4.17. The van der Waals surface area contributed by atoms with Gasteiger partial charge in [-0.05, 0) is 58.2 Å². The van der Waals surface area contributed by atoms with E-state index in [1.54, 1.807) is 0 Å². The lowest BCUT2D eigenvalue weighted by molar-refractivity contribution is -0.593. The van der Waals surface area contributed by atoms with Gasteiger partial charge in [-0.25, -0.2) is 4.39 Å². The molecule has 1 fully saturated rings. The van der Waals surface area contributed by atoms with Gasteiger partial charge in [-0.15, -0.1) is 0 Å². The number of H-pyrrole nitrogens is 1. The van der Waals surface area contributed by atoms with Gasteiger partial charge in [0.2, 0.25) is 5.69 Å². The number of aryl methyl sites for hydroxylation is 1. The normalized spacial score (nSPS) is 21.0. The molecule has 0 aliphatic carbocycles. The Labute approximate surface area is 148 Å². The molecule has 2 aromatic heterocycles. The van der Waals surface area contributed by atoms with E-state index in [1.165, 1.54) is 42.5 Å². The highest BCUT2D eigenvalue weighted by Gasteiger charge is 2.29. The Kier molecular flexibility index (Phi) is 3.98. The first-order valence-electron chi connectivity index (χ1n) is 9.12. The third-order valence-electron chi connectivity index (χ3n) is 5.38. The zero-order valence-corrected chi connectivity index (χ0v) is 15.1. The van der Waals surface area contributed by atoms with Crippen LogP contribution in [0.25, 0.3) is 16.6 Å². The van der Waals surface area contributed by atoms with Gasteiger partial charge >= 0.3 is 0 Å². The van der Waals surface area contributed by atoms with Gasteiger partial charge in [0.15, 0.2) is 12.4 Å². The number of aromatic amines is 1. The summed E-state index contributed by atoms with van der Waals surface area (Å²) in [6.07, 6.45) is 8.03. The SMILES string of the molecule is Cc1cc2c(N3[C@H](C)CCC[C@@H]3C)c[n+](-c3ccc(F)cc3)cc2[nH]1. The smallest absolute Gasteiger partial charge is 0.210 e. The van der Waals surface area contributed by atoms with Crippen LogP contribution in [0.4, 0.5) is 10.1 Å². The minimum atomic E-state index is -0.209. The number of benzene rings is 1. The molecular weight excluding hydrogens is 313 g/mol. The van der Waals surface area contributed by atoms with Crippen molar-refractivity contribution in [1.82, 2.24) is 4.98 Å². The molecular formula is C21H25FN3+. The molecule has 0 radical (unpaired) electrons. The van der Waals surface area contributed by atoms with Crippen molar-refractivity contribution in [3.63, 3.8) is 0 Å². The molecule has 1 aliphatic heterocycles. The lowest BCUT2D eigenvalue weighted by atomic mass is 9.96. The summed E-state index contributed by atoms with van der Waals surface area (Å²) in [5.74, 6) is -0.209. The van der Waals surface area contributed by atoms with E-state index >= 15 is 0 Å². The Morgan fingerprint density at radius 3 is 2.44 bits per heavy atom. The molecule has 4 heteroatoms. The molecule has 1 saturated heterocycles. The fourth-order valence-corrected chi connectivity index (χ4v) is 4.17. The van der Waals surface area contributed by atoms with Gasteiger partial charge in [0.25, 0.3) is 0 Å². The van der Waals surface area contributed by atoms with E-state index in [-0.39, 0.29) is 5.82 Å². The maximum atomic E-state index is 13.3. The molecule has 0 unspecified atom stereocenters. The van der Waals surface area contributed by atoms with Gasteiger partial charge in [-0.1, -0.05) is 0 Å². The molecule has 2 atom stereocenters. The second-order valence-electron chi connectivity index (χ2n) is 7.34. The average molecular weight is 338 g/mol. The van der Waals surface area contributed by atoms with Crippen molar-refractivity contribution in [1.29, 1.82) is 0 Å². The highest BCUT2D eigenvalue weighted by molar-refractivity contribution is 5.91. The number of fused-ring (bicyclic) bond motifs is 1. The lowest BCUT2D eigenvalue weighted by Gasteiger charge is -2.40. The van der Waals surface area contributed by atoms with E-state index in [9.17, 15) is 4.39 Å². The molecule has 4 rings (SSSR count). The second kappa shape index (κ2) is 6.17. The third kappa shape index (κ3) is 2.90. The molecule has 0 amide bonds. The van der Waals surface area contributed by atoms with Crippen LogP contribution >= 0.6 is 0 Å². The van der Waals surface area contributed by atoms with Gasteiger partial charge in [0, 0.05) is 35.3 Å². The number of pyridine rings is 1. The molecule has 130 valence electrons. The quantitative estimate of drug-likeness (QED) is 0.675. The summed E-state index contributed by atoms with van der Waals surface area (Å²) in [5, 5.41) is 1.26. The van der Waals surface area contributed by atoms with Crippen LogP contribution < -0.4 is 9.47 Å². The number of aromatic nitrogens is 2. The van der Waals surface area contributed by atoms with Crippen molar-refractivity contribution in [2.45, 2.75) is 52.1 Å². The highest BCUT2D eigenvalue weighted by Crippen LogP contribution is 2.34. The van der Waals surface area contributed by atoms with Gasteiger partial charge in [0.05, 0.1) is 0 Å². The number of piperidine rings is 1. The van der Waals surface area contributed by atoms with Gasteiger partial charge in [-0.2, -0.15) is 4.57 Å². The molecule has 0 saturated carbocycles. The van der Waals surface area contributed by atoms with Crippen molar-refractivity contribution in [3.05, 3.63) is 54.2 Å². The first kappa shape index (κ1) is 16.1. The van der Waals surface area contributed by atoms with Crippen LogP contribution in [0, 0.1) is 12.7 Å². The maximum absolute atomic E-state index is 13.3. The largest absolute Gasteiger partial charge is 0.361 e. The van der Waals surface area contributed by atoms with Crippen LogP contribution in [0.15, 0.2) is 42.7 Å². The van der Waals surface area contributed by atoms with E-state index in [4.69, 9.17) is 0 Å². The van der Waals surface area contributed by atoms with Crippen molar-refractivity contribution >= 4 is 16.6 Å². The summed E-state index contributed by atoms with van der Waals surface area (Å²) in [4.78, 5) is 6.02. The Balaban J connectivity index is 1.91.